The zero-order valence-corrected chi connectivity index (χ0v) is 21.9. The molecule has 3 aromatic rings. The first-order chi connectivity index (χ1) is 17.4. The molecule has 10 heteroatoms. The number of nitrogens with zero attached hydrogens (tertiary/aromatic N) is 4. The van der Waals surface area contributed by atoms with Crippen LogP contribution < -0.4 is 9.64 Å². The summed E-state index contributed by atoms with van der Waals surface area (Å²) in [6.07, 6.45) is 1.74. The number of methoxy groups -OCH3 is 1. The van der Waals surface area contributed by atoms with E-state index in [-0.39, 0.29) is 19.3 Å². The molecule has 1 aliphatic heterocycles. The van der Waals surface area contributed by atoms with Gasteiger partial charge in [0.2, 0.25) is 0 Å². The highest BCUT2D eigenvalue weighted by atomic mass is 35.5. The number of aliphatic hydroxyl groups is 1. The summed E-state index contributed by atoms with van der Waals surface area (Å²) in [6, 6.07) is 13.6. The normalized spacial score (nSPS) is 16.2. The topological polar surface area (TPSA) is 80.1 Å². The molecule has 1 aliphatic rings. The minimum Gasteiger partial charge on any atom is -0.491 e. The fraction of sp³-hybridized carbons (Fsp3) is 0.385. The molecule has 0 saturated carbocycles. The van der Waals surface area contributed by atoms with Crippen molar-refractivity contribution in [3.63, 3.8) is 0 Å². The second kappa shape index (κ2) is 12.0. The van der Waals surface area contributed by atoms with Crippen LogP contribution in [0.25, 0.3) is 0 Å². The van der Waals surface area contributed by atoms with Crippen molar-refractivity contribution in [3.05, 3.63) is 75.8 Å². The van der Waals surface area contributed by atoms with Crippen molar-refractivity contribution in [1.29, 1.82) is 0 Å². The van der Waals surface area contributed by atoms with Crippen molar-refractivity contribution in [2.45, 2.75) is 19.5 Å². The molecule has 1 fully saturated rings. The van der Waals surface area contributed by atoms with Crippen LogP contribution in [0, 0.1) is 6.92 Å². The van der Waals surface area contributed by atoms with Gasteiger partial charge in [-0.15, -0.1) is 0 Å². The van der Waals surface area contributed by atoms with E-state index >= 15 is 0 Å². The van der Waals surface area contributed by atoms with Gasteiger partial charge in [0.25, 0.3) is 0 Å². The van der Waals surface area contributed by atoms with Crippen LogP contribution in [0.1, 0.15) is 27.9 Å². The highest BCUT2D eigenvalue weighted by molar-refractivity contribution is 6.33. The number of rotatable bonds is 9. The van der Waals surface area contributed by atoms with Crippen molar-refractivity contribution in [2.75, 3.05) is 51.4 Å². The smallest absolute Gasteiger partial charge is 0.358 e. The number of halogens is 2. The highest BCUT2D eigenvalue weighted by Gasteiger charge is 2.30. The number of carbonyl (C=O) groups excluding carboxylic acids is 1. The standard InChI is InChI=1S/C26H30Cl2N4O4/c1-18-29-23(26(34)35-2)16-31(18)11-9-30-10-12-32(25(17-30)19-3-5-20(27)6-4-19)24-8-7-21(15-22(24)28)36-14-13-33/h3-8,15-16,25,33H,9-14,17H2,1-2H3/t25-/m0/s1. The molecular formula is C26H30Cl2N4O4. The lowest BCUT2D eigenvalue weighted by atomic mass is 10.0. The van der Waals surface area contributed by atoms with Crippen LogP contribution >= 0.6 is 23.2 Å². The Bertz CT molecular complexity index is 1190. The molecule has 0 bridgehead atoms. The van der Waals surface area contributed by atoms with Crippen molar-refractivity contribution >= 4 is 34.9 Å². The van der Waals surface area contributed by atoms with E-state index < -0.39 is 5.97 Å². The Kier molecular flexibility index (Phi) is 8.74. The van der Waals surface area contributed by atoms with E-state index in [9.17, 15) is 4.79 Å². The molecule has 2 heterocycles. The van der Waals surface area contributed by atoms with Gasteiger partial charge >= 0.3 is 5.97 Å². The number of imidazole rings is 1. The van der Waals surface area contributed by atoms with Crippen LogP contribution in [-0.2, 0) is 11.3 Å². The molecule has 1 aromatic heterocycles. The summed E-state index contributed by atoms with van der Waals surface area (Å²) in [5.41, 5.74) is 2.40. The van der Waals surface area contributed by atoms with Gasteiger partial charge in [-0.3, -0.25) is 4.90 Å². The first-order valence-electron chi connectivity index (χ1n) is 11.8. The van der Waals surface area contributed by atoms with Crippen molar-refractivity contribution in [3.8, 4) is 5.75 Å². The maximum absolute atomic E-state index is 11.8. The number of ether oxygens (including phenoxy) is 2. The molecule has 8 nitrogen and oxygen atoms in total. The fourth-order valence-electron chi connectivity index (χ4n) is 4.46. The predicted octanol–water partition coefficient (Wildman–Crippen LogP) is 4.22. The Morgan fingerprint density at radius 3 is 2.61 bits per heavy atom. The number of piperazine rings is 1. The molecule has 1 atom stereocenters. The first kappa shape index (κ1) is 26.3. The summed E-state index contributed by atoms with van der Waals surface area (Å²) in [7, 11) is 1.36. The van der Waals surface area contributed by atoms with Crippen LogP contribution in [0.3, 0.4) is 0 Å². The summed E-state index contributed by atoms with van der Waals surface area (Å²) in [6.45, 7) is 5.98. The molecule has 0 radical (unpaired) electrons. The van der Waals surface area contributed by atoms with E-state index in [1.807, 2.05) is 35.8 Å². The van der Waals surface area contributed by atoms with Gasteiger partial charge in [-0.2, -0.15) is 0 Å². The number of aliphatic hydroxyl groups excluding tert-OH is 1. The average molecular weight is 533 g/mol. The largest absolute Gasteiger partial charge is 0.491 e. The number of benzene rings is 2. The summed E-state index contributed by atoms with van der Waals surface area (Å²) in [4.78, 5) is 20.9. The van der Waals surface area contributed by atoms with Crippen molar-refractivity contribution < 1.29 is 19.4 Å². The zero-order valence-electron chi connectivity index (χ0n) is 20.4. The Balaban J connectivity index is 1.52. The third kappa shape index (κ3) is 6.13. The third-order valence-corrected chi connectivity index (χ3v) is 6.89. The second-order valence-electron chi connectivity index (χ2n) is 8.60. The van der Waals surface area contributed by atoms with Gasteiger partial charge in [-0.1, -0.05) is 35.3 Å². The zero-order chi connectivity index (χ0) is 25.7. The summed E-state index contributed by atoms with van der Waals surface area (Å²) in [5.74, 6) is 0.970. The minimum absolute atomic E-state index is 0.0530. The number of anilines is 1. The molecule has 0 spiro atoms. The van der Waals surface area contributed by atoms with Gasteiger partial charge in [0.05, 0.1) is 30.5 Å². The van der Waals surface area contributed by atoms with Crippen LogP contribution in [0.2, 0.25) is 10.0 Å². The van der Waals surface area contributed by atoms with Gasteiger partial charge in [-0.05, 0) is 36.8 Å². The van der Waals surface area contributed by atoms with Crippen molar-refractivity contribution in [2.24, 2.45) is 0 Å². The molecule has 0 amide bonds. The van der Waals surface area contributed by atoms with E-state index in [0.29, 0.717) is 28.0 Å². The maximum atomic E-state index is 11.8. The fourth-order valence-corrected chi connectivity index (χ4v) is 4.87. The molecule has 4 rings (SSSR count). The maximum Gasteiger partial charge on any atom is 0.358 e. The molecular weight excluding hydrogens is 503 g/mol. The SMILES string of the molecule is COC(=O)c1cn(CCN2CCN(c3ccc(OCCO)cc3Cl)[C@H](c3ccc(Cl)cc3)C2)c(C)n1. The number of esters is 1. The van der Waals surface area contributed by atoms with E-state index in [0.717, 1.165) is 43.3 Å². The number of aryl methyl sites for hydroxylation is 1. The average Bonchev–Trinajstić information content (AvgIpc) is 3.26. The molecule has 2 aromatic carbocycles. The van der Waals surface area contributed by atoms with Gasteiger partial charge in [0.15, 0.2) is 5.69 Å². The first-order valence-corrected chi connectivity index (χ1v) is 12.5. The lowest BCUT2D eigenvalue weighted by Gasteiger charge is -2.43. The predicted molar refractivity (Wildman–Crippen MR) is 140 cm³/mol. The van der Waals surface area contributed by atoms with Crippen LogP contribution in [0.5, 0.6) is 5.75 Å². The van der Waals surface area contributed by atoms with Crippen LogP contribution in [-0.4, -0.2) is 72.0 Å². The van der Waals surface area contributed by atoms with Gasteiger partial charge in [0.1, 0.15) is 18.2 Å². The lowest BCUT2D eigenvalue weighted by Crippen LogP contribution is -2.49. The van der Waals surface area contributed by atoms with E-state index in [2.05, 4.69) is 26.9 Å². The molecule has 0 unspecified atom stereocenters. The lowest BCUT2D eigenvalue weighted by molar-refractivity contribution is 0.0594. The highest BCUT2D eigenvalue weighted by Crippen LogP contribution is 2.37. The van der Waals surface area contributed by atoms with Crippen LogP contribution in [0.4, 0.5) is 5.69 Å². The Labute approximate surface area is 221 Å². The van der Waals surface area contributed by atoms with Gasteiger partial charge in [0, 0.05) is 50.0 Å². The van der Waals surface area contributed by atoms with E-state index in [1.54, 1.807) is 12.3 Å². The van der Waals surface area contributed by atoms with E-state index in [1.165, 1.54) is 7.11 Å². The third-order valence-electron chi connectivity index (χ3n) is 6.34. The monoisotopic (exact) mass is 532 g/mol. The van der Waals surface area contributed by atoms with E-state index in [4.69, 9.17) is 37.8 Å². The summed E-state index contributed by atoms with van der Waals surface area (Å²) in [5, 5.41) is 10.3. The number of carbonyl (C=O) groups is 1. The number of hydrogen-bond donors (Lipinski definition) is 1. The second-order valence-corrected chi connectivity index (χ2v) is 9.45. The number of hydrogen-bond acceptors (Lipinski definition) is 7. The van der Waals surface area contributed by atoms with Crippen molar-refractivity contribution in [1.82, 2.24) is 14.5 Å². The quantitative estimate of drug-likeness (QED) is 0.413. The number of aromatic nitrogens is 2. The van der Waals surface area contributed by atoms with Crippen LogP contribution in [0.15, 0.2) is 48.7 Å². The summed E-state index contributed by atoms with van der Waals surface area (Å²) >= 11 is 12.9. The Morgan fingerprint density at radius 1 is 1.14 bits per heavy atom. The molecule has 0 aliphatic carbocycles. The Morgan fingerprint density at radius 2 is 1.92 bits per heavy atom. The molecule has 1 N–H and O–H groups in total. The molecule has 192 valence electrons. The molecule has 1 saturated heterocycles. The van der Waals surface area contributed by atoms with Gasteiger partial charge in [-0.25, -0.2) is 9.78 Å². The summed E-state index contributed by atoms with van der Waals surface area (Å²) < 4.78 is 12.3. The minimum atomic E-state index is -0.432. The molecule has 36 heavy (non-hydrogen) atoms. The Hall–Kier alpha value is -2.78. The van der Waals surface area contributed by atoms with Gasteiger partial charge < -0.3 is 24.0 Å².